The number of hydrogen-bond acceptors (Lipinski definition) is 5. The molecule has 1 aliphatic rings. The number of benzene rings is 2. The Labute approximate surface area is 180 Å². The molecule has 2 heterocycles. The molecule has 0 saturated carbocycles. The molecule has 0 unspecified atom stereocenters. The first-order valence-corrected chi connectivity index (χ1v) is 10.2. The number of nitrogens with zero attached hydrogens (tertiary/aromatic N) is 2. The van der Waals surface area contributed by atoms with E-state index in [1.807, 2.05) is 4.90 Å². The standard InChI is InChI=1S/C23H26FN3O4/c1-29-19-14-20(30-2)22(31-3)21-17(19)13-18(25-21)23(28)27-10-4-9-26(11-12-27)16-7-5-15(24)6-8-16/h5-8,13-14,25H,4,9-12H2,1-3H3. The fourth-order valence-electron chi connectivity index (χ4n) is 4.05. The SMILES string of the molecule is COc1cc(OC)c2cc(C(=O)N3CCCN(c4ccc(F)cc4)CC3)[nH]c2c1OC. The van der Waals surface area contributed by atoms with Gasteiger partial charge in [0.2, 0.25) is 0 Å². The lowest BCUT2D eigenvalue weighted by Gasteiger charge is -2.23. The first-order valence-electron chi connectivity index (χ1n) is 10.2. The van der Waals surface area contributed by atoms with Gasteiger partial charge in [-0.1, -0.05) is 0 Å². The van der Waals surface area contributed by atoms with Crippen molar-refractivity contribution in [2.45, 2.75) is 6.42 Å². The number of hydrogen-bond donors (Lipinski definition) is 1. The molecule has 0 bridgehead atoms. The Bertz CT molecular complexity index is 1080. The molecule has 164 valence electrons. The van der Waals surface area contributed by atoms with Crippen molar-refractivity contribution in [2.75, 3.05) is 52.4 Å². The van der Waals surface area contributed by atoms with E-state index in [9.17, 15) is 9.18 Å². The van der Waals surface area contributed by atoms with Gasteiger partial charge in [-0.15, -0.1) is 0 Å². The second-order valence-electron chi connectivity index (χ2n) is 7.40. The molecule has 0 atom stereocenters. The van der Waals surface area contributed by atoms with E-state index in [4.69, 9.17) is 14.2 Å². The van der Waals surface area contributed by atoms with Gasteiger partial charge in [-0.05, 0) is 36.8 Å². The molecule has 7 nitrogen and oxygen atoms in total. The van der Waals surface area contributed by atoms with Gasteiger partial charge in [0, 0.05) is 43.3 Å². The monoisotopic (exact) mass is 427 g/mol. The molecule has 8 heteroatoms. The lowest BCUT2D eigenvalue weighted by atomic mass is 10.2. The second-order valence-corrected chi connectivity index (χ2v) is 7.40. The van der Waals surface area contributed by atoms with E-state index in [1.54, 1.807) is 45.6 Å². The van der Waals surface area contributed by atoms with Crippen LogP contribution in [0.15, 0.2) is 36.4 Å². The summed E-state index contributed by atoms with van der Waals surface area (Å²) >= 11 is 0. The minimum absolute atomic E-state index is 0.0831. The van der Waals surface area contributed by atoms with Gasteiger partial charge < -0.3 is 29.0 Å². The van der Waals surface area contributed by atoms with Crippen molar-refractivity contribution in [3.8, 4) is 17.2 Å². The zero-order chi connectivity index (χ0) is 22.0. The molecule has 1 amide bonds. The van der Waals surface area contributed by atoms with Crippen molar-refractivity contribution < 1.29 is 23.4 Å². The van der Waals surface area contributed by atoms with E-state index in [0.717, 1.165) is 24.0 Å². The number of carbonyl (C=O) groups excluding carboxylic acids is 1. The van der Waals surface area contributed by atoms with Gasteiger partial charge in [0.15, 0.2) is 11.5 Å². The summed E-state index contributed by atoms with van der Waals surface area (Å²) in [6.07, 6.45) is 0.823. The maximum atomic E-state index is 13.3. The number of carbonyl (C=O) groups is 1. The van der Waals surface area contributed by atoms with Gasteiger partial charge in [0.25, 0.3) is 5.91 Å². The first-order chi connectivity index (χ1) is 15.0. The zero-order valence-corrected chi connectivity index (χ0v) is 17.9. The predicted molar refractivity (Wildman–Crippen MR) is 117 cm³/mol. The molecular formula is C23H26FN3O4. The van der Waals surface area contributed by atoms with Crippen molar-refractivity contribution >= 4 is 22.5 Å². The number of aromatic amines is 1. The molecule has 0 spiro atoms. The smallest absolute Gasteiger partial charge is 0.270 e. The third-order valence-corrected chi connectivity index (χ3v) is 5.65. The van der Waals surface area contributed by atoms with E-state index in [0.29, 0.717) is 48.1 Å². The maximum Gasteiger partial charge on any atom is 0.270 e. The highest BCUT2D eigenvalue weighted by Gasteiger charge is 2.24. The average molecular weight is 427 g/mol. The topological polar surface area (TPSA) is 67.0 Å². The summed E-state index contributed by atoms with van der Waals surface area (Å²) in [6.45, 7) is 2.70. The van der Waals surface area contributed by atoms with Crippen LogP contribution in [0.1, 0.15) is 16.9 Å². The van der Waals surface area contributed by atoms with Gasteiger partial charge in [-0.2, -0.15) is 0 Å². The highest BCUT2D eigenvalue weighted by Crippen LogP contribution is 2.41. The fraction of sp³-hybridized carbons (Fsp3) is 0.348. The Kier molecular flexibility index (Phi) is 5.88. The predicted octanol–water partition coefficient (Wildman–Crippen LogP) is 3.69. The molecule has 1 saturated heterocycles. The van der Waals surface area contributed by atoms with Crippen LogP contribution in [0.2, 0.25) is 0 Å². The average Bonchev–Trinajstić information content (AvgIpc) is 3.09. The lowest BCUT2D eigenvalue weighted by molar-refractivity contribution is 0.0762. The van der Waals surface area contributed by atoms with Crippen molar-refractivity contribution in [1.82, 2.24) is 9.88 Å². The number of ether oxygens (including phenoxy) is 3. The van der Waals surface area contributed by atoms with E-state index in [2.05, 4.69) is 9.88 Å². The number of nitrogens with one attached hydrogen (secondary N) is 1. The number of H-pyrrole nitrogens is 1. The summed E-state index contributed by atoms with van der Waals surface area (Å²) in [5.74, 6) is 1.31. The number of rotatable bonds is 5. The quantitative estimate of drug-likeness (QED) is 0.673. The molecule has 0 aliphatic carbocycles. The number of anilines is 1. The van der Waals surface area contributed by atoms with E-state index < -0.39 is 0 Å². The lowest BCUT2D eigenvalue weighted by Crippen LogP contribution is -2.35. The van der Waals surface area contributed by atoms with E-state index in [1.165, 1.54) is 12.1 Å². The largest absolute Gasteiger partial charge is 0.496 e. The number of halogens is 1. The third kappa shape index (κ3) is 3.97. The van der Waals surface area contributed by atoms with Gasteiger partial charge in [0.05, 0.1) is 26.8 Å². The van der Waals surface area contributed by atoms with Crippen molar-refractivity contribution in [1.29, 1.82) is 0 Å². The van der Waals surface area contributed by atoms with Crippen LogP contribution >= 0.6 is 0 Å². The Morgan fingerprint density at radius 2 is 1.68 bits per heavy atom. The molecule has 31 heavy (non-hydrogen) atoms. The van der Waals surface area contributed by atoms with Gasteiger partial charge in [-0.3, -0.25) is 4.79 Å². The van der Waals surface area contributed by atoms with Crippen LogP contribution in [0, 0.1) is 5.82 Å². The minimum Gasteiger partial charge on any atom is -0.496 e. The molecule has 2 aromatic carbocycles. The van der Waals surface area contributed by atoms with Gasteiger partial charge >= 0.3 is 0 Å². The highest BCUT2D eigenvalue weighted by molar-refractivity contribution is 6.02. The Hall–Kier alpha value is -3.42. The van der Waals surface area contributed by atoms with Gasteiger partial charge in [0.1, 0.15) is 17.3 Å². The zero-order valence-electron chi connectivity index (χ0n) is 17.9. The maximum absolute atomic E-state index is 13.3. The molecule has 3 aromatic rings. The molecule has 0 radical (unpaired) electrons. The van der Waals surface area contributed by atoms with Crippen LogP contribution in [0.25, 0.3) is 10.9 Å². The van der Waals surface area contributed by atoms with Gasteiger partial charge in [-0.25, -0.2) is 4.39 Å². The fourth-order valence-corrected chi connectivity index (χ4v) is 4.05. The molecule has 1 aromatic heterocycles. The molecule has 1 aliphatic heterocycles. The number of amides is 1. The Morgan fingerprint density at radius 3 is 2.35 bits per heavy atom. The van der Waals surface area contributed by atoms with Crippen LogP contribution in [-0.4, -0.2) is 63.3 Å². The molecule has 1 fully saturated rings. The van der Waals surface area contributed by atoms with Crippen LogP contribution in [-0.2, 0) is 0 Å². The summed E-state index contributed by atoms with van der Waals surface area (Å²) in [6, 6.07) is 10.0. The van der Waals surface area contributed by atoms with Crippen molar-refractivity contribution in [2.24, 2.45) is 0 Å². The molecular weight excluding hydrogens is 401 g/mol. The Morgan fingerprint density at radius 1 is 0.935 bits per heavy atom. The number of fused-ring (bicyclic) bond motifs is 1. The van der Waals surface area contributed by atoms with Crippen molar-refractivity contribution in [3.63, 3.8) is 0 Å². The third-order valence-electron chi connectivity index (χ3n) is 5.65. The van der Waals surface area contributed by atoms with Crippen LogP contribution in [0.5, 0.6) is 17.2 Å². The van der Waals surface area contributed by atoms with Crippen molar-refractivity contribution in [3.05, 3.63) is 47.9 Å². The summed E-state index contributed by atoms with van der Waals surface area (Å²) < 4.78 is 29.6. The summed E-state index contributed by atoms with van der Waals surface area (Å²) in [4.78, 5) is 20.5. The Balaban J connectivity index is 1.58. The summed E-state index contributed by atoms with van der Waals surface area (Å²) in [5, 5.41) is 0.756. The molecule has 1 N–H and O–H groups in total. The second kappa shape index (κ2) is 8.75. The van der Waals surface area contributed by atoms with Crippen LogP contribution < -0.4 is 19.1 Å². The minimum atomic E-state index is -0.253. The number of aromatic nitrogens is 1. The summed E-state index contributed by atoms with van der Waals surface area (Å²) in [7, 11) is 4.70. The van der Waals surface area contributed by atoms with Crippen LogP contribution in [0.4, 0.5) is 10.1 Å². The van der Waals surface area contributed by atoms with E-state index >= 15 is 0 Å². The number of methoxy groups -OCH3 is 3. The first kappa shape index (κ1) is 20.8. The molecule has 4 rings (SSSR count). The van der Waals surface area contributed by atoms with E-state index in [-0.39, 0.29) is 11.7 Å². The van der Waals surface area contributed by atoms with Crippen LogP contribution in [0.3, 0.4) is 0 Å². The highest BCUT2D eigenvalue weighted by atomic mass is 19.1. The normalized spacial score (nSPS) is 14.5. The summed E-state index contributed by atoms with van der Waals surface area (Å²) in [5.41, 5.74) is 2.09.